The standard InChI is InChI=1S/C16H23F3N6/c1-24(2)15(9-5-3-4-6-10-15)11-20-12-7-8-13-21-22-14(16(17,18)19)25(13)23-12/h7-8H,3-6,9-11H2,1-2H3,(H,20,23). The molecule has 1 aliphatic carbocycles. The molecule has 6 nitrogen and oxygen atoms in total. The average Bonchev–Trinajstić information content (AvgIpc) is 2.83. The second-order valence-corrected chi connectivity index (χ2v) is 6.90. The number of hydrogen-bond acceptors (Lipinski definition) is 5. The van der Waals surface area contributed by atoms with Crippen molar-refractivity contribution in [3.05, 3.63) is 18.0 Å². The first-order valence-corrected chi connectivity index (χ1v) is 8.53. The Hall–Kier alpha value is -1.90. The van der Waals surface area contributed by atoms with E-state index in [0.717, 1.165) is 30.2 Å². The van der Waals surface area contributed by atoms with Crippen LogP contribution in [0.5, 0.6) is 0 Å². The summed E-state index contributed by atoms with van der Waals surface area (Å²) in [4.78, 5) is 2.23. The summed E-state index contributed by atoms with van der Waals surface area (Å²) in [5.74, 6) is -0.716. The molecule has 2 aromatic heterocycles. The van der Waals surface area contributed by atoms with Gasteiger partial charge in [0, 0.05) is 12.1 Å². The van der Waals surface area contributed by atoms with Crippen LogP contribution in [0.2, 0.25) is 0 Å². The minimum atomic E-state index is -4.59. The van der Waals surface area contributed by atoms with Gasteiger partial charge in [-0.15, -0.1) is 15.3 Å². The van der Waals surface area contributed by atoms with Gasteiger partial charge in [0.25, 0.3) is 5.82 Å². The van der Waals surface area contributed by atoms with Gasteiger partial charge in [-0.3, -0.25) is 0 Å². The molecule has 0 saturated heterocycles. The molecule has 0 amide bonds. The monoisotopic (exact) mass is 356 g/mol. The Balaban J connectivity index is 1.82. The number of halogens is 3. The van der Waals surface area contributed by atoms with Crippen LogP contribution in [0.3, 0.4) is 0 Å². The summed E-state index contributed by atoms with van der Waals surface area (Å²) in [5.41, 5.74) is 0.0716. The van der Waals surface area contributed by atoms with Crippen LogP contribution in [0, 0.1) is 0 Å². The fourth-order valence-corrected chi connectivity index (χ4v) is 3.48. The van der Waals surface area contributed by atoms with Gasteiger partial charge in [-0.05, 0) is 39.1 Å². The van der Waals surface area contributed by atoms with E-state index in [1.807, 2.05) is 0 Å². The van der Waals surface area contributed by atoms with E-state index in [-0.39, 0.29) is 11.2 Å². The van der Waals surface area contributed by atoms with E-state index in [0.29, 0.717) is 12.4 Å². The summed E-state index contributed by atoms with van der Waals surface area (Å²) >= 11 is 0. The summed E-state index contributed by atoms with van der Waals surface area (Å²) in [6, 6.07) is 3.14. The molecule has 138 valence electrons. The van der Waals surface area contributed by atoms with Crippen molar-refractivity contribution in [1.82, 2.24) is 24.7 Å². The Kier molecular flexibility index (Phi) is 4.86. The molecule has 1 saturated carbocycles. The van der Waals surface area contributed by atoms with Gasteiger partial charge in [0.15, 0.2) is 5.65 Å². The predicted molar refractivity (Wildman–Crippen MR) is 88.4 cm³/mol. The maximum absolute atomic E-state index is 13.0. The molecule has 1 aliphatic rings. The molecule has 25 heavy (non-hydrogen) atoms. The van der Waals surface area contributed by atoms with E-state index in [2.05, 4.69) is 39.6 Å². The lowest BCUT2D eigenvalue weighted by atomic mass is 9.88. The van der Waals surface area contributed by atoms with Gasteiger partial charge in [0.1, 0.15) is 5.82 Å². The highest BCUT2D eigenvalue weighted by atomic mass is 19.4. The topological polar surface area (TPSA) is 58.3 Å². The molecular weight excluding hydrogens is 333 g/mol. The zero-order valence-electron chi connectivity index (χ0n) is 14.5. The van der Waals surface area contributed by atoms with Crippen molar-refractivity contribution in [2.45, 2.75) is 50.2 Å². The number of nitrogens with one attached hydrogen (secondary N) is 1. The summed E-state index contributed by atoms with van der Waals surface area (Å²) in [5, 5.41) is 14.0. The number of anilines is 1. The number of hydrogen-bond donors (Lipinski definition) is 1. The van der Waals surface area contributed by atoms with E-state index in [1.54, 1.807) is 6.07 Å². The number of aromatic nitrogens is 4. The van der Waals surface area contributed by atoms with Crippen molar-refractivity contribution >= 4 is 11.5 Å². The van der Waals surface area contributed by atoms with Crippen LogP contribution in [-0.4, -0.2) is 50.9 Å². The molecule has 0 bridgehead atoms. The van der Waals surface area contributed by atoms with Crippen molar-refractivity contribution in [2.75, 3.05) is 26.0 Å². The molecule has 1 fully saturated rings. The second-order valence-electron chi connectivity index (χ2n) is 6.90. The van der Waals surface area contributed by atoms with Crippen molar-refractivity contribution in [3.63, 3.8) is 0 Å². The van der Waals surface area contributed by atoms with Crippen LogP contribution in [0.15, 0.2) is 12.1 Å². The SMILES string of the molecule is CN(C)C1(CNc2ccc3nnc(C(F)(F)F)n3n2)CCCCCC1. The fraction of sp³-hybridized carbons (Fsp3) is 0.688. The van der Waals surface area contributed by atoms with Crippen LogP contribution in [-0.2, 0) is 6.18 Å². The van der Waals surface area contributed by atoms with Gasteiger partial charge in [-0.1, -0.05) is 25.7 Å². The van der Waals surface area contributed by atoms with Gasteiger partial charge in [0.2, 0.25) is 0 Å². The van der Waals surface area contributed by atoms with E-state index in [1.165, 1.54) is 18.9 Å². The largest absolute Gasteiger partial charge is 0.453 e. The molecule has 0 radical (unpaired) electrons. The summed E-state index contributed by atoms with van der Waals surface area (Å²) in [7, 11) is 4.12. The maximum Gasteiger partial charge on any atom is 0.453 e. The Labute approximate surface area is 144 Å². The maximum atomic E-state index is 13.0. The van der Waals surface area contributed by atoms with E-state index >= 15 is 0 Å². The van der Waals surface area contributed by atoms with E-state index < -0.39 is 12.0 Å². The van der Waals surface area contributed by atoms with Crippen LogP contribution in [0.25, 0.3) is 5.65 Å². The van der Waals surface area contributed by atoms with Gasteiger partial charge >= 0.3 is 6.18 Å². The summed E-state index contributed by atoms with van der Waals surface area (Å²) in [6.45, 7) is 0.641. The van der Waals surface area contributed by atoms with Gasteiger partial charge in [-0.25, -0.2) is 0 Å². The van der Waals surface area contributed by atoms with Gasteiger partial charge < -0.3 is 10.2 Å². The lowest BCUT2D eigenvalue weighted by Gasteiger charge is -2.39. The van der Waals surface area contributed by atoms with Crippen molar-refractivity contribution in [1.29, 1.82) is 0 Å². The molecule has 0 unspecified atom stereocenters. The smallest absolute Gasteiger partial charge is 0.367 e. The number of likely N-dealkylation sites (N-methyl/N-ethyl adjacent to an activating group) is 1. The minimum Gasteiger partial charge on any atom is -0.367 e. The lowest BCUT2D eigenvalue weighted by Crippen LogP contribution is -2.49. The Bertz CT molecular complexity index is 716. The van der Waals surface area contributed by atoms with Crippen molar-refractivity contribution in [2.24, 2.45) is 0 Å². The molecule has 0 aliphatic heterocycles. The first-order valence-electron chi connectivity index (χ1n) is 8.53. The highest BCUT2D eigenvalue weighted by molar-refractivity contribution is 5.44. The molecular formula is C16H23F3N6. The fourth-order valence-electron chi connectivity index (χ4n) is 3.48. The molecule has 0 atom stereocenters. The number of fused-ring (bicyclic) bond motifs is 1. The first-order chi connectivity index (χ1) is 11.8. The minimum absolute atomic E-state index is 0.00676. The predicted octanol–water partition coefficient (Wildman–Crippen LogP) is 3.21. The molecule has 9 heteroatoms. The molecule has 1 N–H and O–H groups in total. The molecule has 2 heterocycles. The second kappa shape index (κ2) is 6.78. The summed E-state index contributed by atoms with van der Waals surface area (Å²) < 4.78 is 39.7. The zero-order chi connectivity index (χ0) is 18.1. The zero-order valence-corrected chi connectivity index (χ0v) is 14.5. The molecule has 3 rings (SSSR count). The highest BCUT2D eigenvalue weighted by Gasteiger charge is 2.38. The lowest BCUT2D eigenvalue weighted by molar-refractivity contribution is -0.146. The number of rotatable bonds is 4. The van der Waals surface area contributed by atoms with Gasteiger partial charge in [0.05, 0.1) is 0 Å². The third kappa shape index (κ3) is 3.70. The third-order valence-electron chi connectivity index (χ3n) is 5.10. The first kappa shape index (κ1) is 17.9. The van der Waals surface area contributed by atoms with Crippen molar-refractivity contribution < 1.29 is 13.2 Å². The Morgan fingerprint density at radius 2 is 1.80 bits per heavy atom. The molecule has 2 aromatic rings. The summed E-state index contributed by atoms with van der Waals surface area (Å²) in [6.07, 6.45) is 2.33. The Morgan fingerprint density at radius 3 is 2.40 bits per heavy atom. The van der Waals surface area contributed by atoms with Gasteiger partial charge in [-0.2, -0.15) is 17.7 Å². The van der Waals surface area contributed by atoms with Crippen molar-refractivity contribution in [3.8, 4) is 0 Å². The normalized spacial score (nSPS) is 18.5. The molecule has 0 aromatic carbocycles. The van der Waals surface area contributed by atoms with E-state index in [9.17, 15) is 13.2 Å². The highest BCUT2D eigenvalue weighted by Crippen LogP contribution is 2.31. The molecule has 0 spiro atoms. The average molecular weight is 356 g/mol. The van der Waals surface area contributed by atoms with Crippen LogP contribution in [0.1, 0.15) is 44.3 Å². The Morgan fingerprint density at radius 1 is 1.12 bits per heavy atom. The third-order valence-corrected chi connectivity index (χ3v) is 5.10. The number of alkyl halides is 3. The van der Waals surface area contributed by atoms with Crippen LogP contribution >= 0.6 is 0 Å². The van der Waals surface area contributed by atoms with Crippen LogP contribution < -0.4 is 5.32 Å². The van der Waals surface area contributed by atoms with Crippen LogP contribution in [0.4, 0.5) is 19.0 Å². The number of nitrogens with zero attached hydrogens (tertiary/aromatic N) is 5. The van der Waals surface area contributed by atoms with E-state index in [4.69, 9.17) is 0 Å². The quantitative estimate of drug-likeness (QED) is 0.853.